The Morgan fingerprint density at radius 3 is 2.68 bits per heavy atom. The lowest BCUT2D eigenvalue weighted by Crippen LogP contribution is -2.38. The van der Waals surface area contributed by atoms with E-state index in [9.17, 15) is 9.59 Å². The van der Waals surface area contributed by atoms with Gasteiger partial charge in [0, 0.05) is 32.0 Å². The van der Waals surface area contributed by atoms with E-state index in [0.29, 0.717) is 5.69 Å². The predicted octanol–water partition coefficient (Wildman–Crippen LogP) is -0.0385. The minimum absolute atomic E-state index is 0.200. The number of amides is 2. The maximum atomic E-state index is 12.2. The molecule has 0 aromatic carbocycles. The maximum Gasteiger partial charge on any atom is 0.274 e. The van der Waals surface area contributed by atoms with E-state index >= 15 is 0 Å². The van der Waals surface area contributed by atoms with Crippen LogP contribution in [0.2, 0.25) is 0 Å². The number of carbonyl (C=O) groups is 2. The van der Waals surface area contributed by atoms with Crippen molar-refractivity contribution in [2.45, 2.75) is 6.54 Å². The number of hydrogen-bond acceptors (Lipinski definition) is 6. The number of nitrogens with two attached hydrogens (primary N) is 1. The van der Waals surface area contributed by atoms with E-state index in [4.69, 9.17) is 10.5 Å². The number of morpholine rings is 1. The van der Waals surface area contributed by atoms with Crippen LogP contribution in [0.4, 0.5) is 5.69 Å². The van der Waals surface area contributed by atoms with Crippen molar-refractivity contribution in [3.63, 3.8) is 0 Å². The second-order valence-corrected chi connectivity index (χ2v) is 5.70. The quantitative estimate of drug-likeness (QED) is 0.760. The summed E-state index contributed by atoms with van der Waals surface area (Å²) in [4.78, 5) is 29.4. The third kappa shape index (κ3) is 4.61. The summed E-state index contributed by atoms with van der Waals surface area (Å²) >= 11 is 0. The first-order chi connectivity index (χ1) is 12.1. The van der Waals surface area contributed by atoms with Crippen LogP contribution in [0, 0.1) is 0 Å². The summed E-state index contributed by atoms with van der Waals surface area (Å²) < 4.78 is 7.11. The smallest absolute Gasteiger partial charge is 0.274 e. The van der Waals surface area contributed by atoms with Crippen LogP contribution in [-0.4, -0.2) is 64.3 Å². The van der Waals surface area contributed by atoms with Gasteiger partial charge in [-0.3, -0.25) is 24.2 Å². The molecule has 0 unspecified atom stereocenters. The second-order valence-electron chi connectivity index (χ2n) is 5.70. The Hall–Kier alpha value is -2.78. The molecule has 25 heavy (non-hydrogen) atoms. The molecule has 1 aliphatic heterocycles. The monoisotopic (exact) mass is 344 g/mol. The largest absolute Gasteiger partial charge is 0.379 e. The molecule has 0 bridgehead atoms. The van der Waals surface area contributed by atoms with Crippen molar-refractivity contribution < 1.29 is 14.3 Å². The number of anilines is 1. The Morgan fingerprint density at radius 2 is 2.00 bits per heavy atom. The van der Waals surface area contributed by atoms with Crippen LogP contribution >= 0.6 is 0 Å². The molecule has 9 nitrogen and oxygen atoms in total. The van der Waals surface area contributed by atoms with Crippen LogP contribution in [0.5, 0.6) is 0 Å². The second kappa shape index (κ2) is 7.86. The summed E-state index contributed by atoms with van der Waals surface area (Å²) in [6.07, 6.45) is 4.65. The third-order valence-corrected chi connectivity index (χ3v) is 3.92. The van der Waals surface area contributed by atoms with Gasteiger partial charge < -0.3 is 15.8 Å². The minimum atomic E-state index is -0.582. The SMILES string of the molecule is NC(=O)c1ccc(C(=O)Nc2cnn(CCN3CCOCC3)c2)nc1. The van der Waals surface area contributed by atoms with Crippen molar-refractivity contribution in [2.24, 2.45) is 5.73 Å². The summed E-state index contributed by atoms with van der Waals surface area (Å²) in [5.74, 6) is -0.954. The Bertz CT molecular complexity index is 737. The number of pyridine rings is 1. The summed E-state index contributed by atoms with van der Waals surface area (Å²) in [6.45, 7) is 5.01. The van der Waals surface area contributed by atoms with Crippen molar-refractivity contribution in [1.82, 2.24) is 19.7 Å². The number of carbonyl (C=O) groups excluding carboxylic acids is 2. The number of hydrogen-bond donors (Lipinski definition) is 2. The molecule has 2 aromatic rings. The fourth-order valence-corrected chi connectivity index (χ4v) is 2.49. The van der Waals surface area contributed by atoms with Gasteiger partial charge in [-0.1, -0.05) is 0 Å². The van der Waals surface area contributed by atoms with E-state index in [0.717, 1.165) is 39.4 Å². The van der Waals surface area contributed by atoms with Crippen LogP contribution in [0.3, 0.4) is 0 Å². The number of nitrogens with one attached hydrogen (secondary N) is 1. The lowest BCUT2D eigenvalue weighted by atomic mass is 10.2. The molecule has 9 heteroatoms. The van der Waals surface area contributed by atoms with Gasteiger partial charge in [-0.25, -0.2) is 0 Å². The molecule has 1 aliphatic rings. The van der Waals surface area contributed by atoms with Gasteiger partial charge >= 0.3 is 0 Å². The number of ether oxygens (including phenoxy) is 1. The molecule has 3 heterocycles. The first kappa shape index (κ1) is 17.1. The average Bonchev–Trinajstić information content (AvgIpc) is 3.08. The molecule has 1 saturated heterocycles. The summed E-state index contributed by atoms with van der Waals surface area (Å²) in [7, 11) is 0. The Labute approximate surface area is 144 Å². The Balaban J connectivity index is 1.53. The molecule has 0 radical (unpaired) electrons. The highest BCUT2D eigenvalue weighted by molar-refractivity contribution is 6.03. The number of primary amides is 1. The highest BCUT2D eigenvalue weighted by atomic mass is 16.5. The van der Waals surface area contributed by atoms with Crippen molar-refractivity contribution in [3.05, 3.63) is 42.0 Å². The zero-order chi connectivity index (χ0) is 17.6. The molecule has 3 rings (SSSR count). The third-order valence-electron chi connectivity index (χ3n) is 3.92. The lowest BCUT2D eigenvalue weighted by molar-refractivity contribution is 0.0360. The van der Waals surface area contributed by atoms with Crippen molar-refractivity contribution in [3.8, 4) is 0 Å². The zero-order valence-electron chi connectivity index (χ0n) is 13.7. The Morgan fingerprint density at radius 1 is 1.20 bits per heavy atom. The predicted molar refractivity (Wildman–Crippen MR) is 90.2 cm³/mol. The Kier molecular flexibility index (Phi) is 5.36. The molecule has 132 valence electrons. The van der Waals surface area contributed by atoms with Gasteiger partial charge in [0.05, 0.1) is 37.2 Å². The topological polar surface area (TPSA) is 115 Å². The molecule has 2 aromatic heterocycles. The average molecular weight is 344 g/mol. The van der Waals surface area contributed by atoms with Gasteiger partial charge in [0.15, 0.2) is 0 Å². The summed E-state index contributed by atoms with van der Waals surface area (Å²) in [5, 5.41) is 6.98. The molecule has 3 N–H and O–H groups in total. The molecule has 0 spiro atoms. The highest BCUT2D eigenvalue weighted by Crippen LogP contribution is 2.08. The van der Waals surface area contributed by atoms with Gasteiger partial charge in [-0.05, 0) is 12.1 Å². The molecule has 0 atom stereocenters. The highest BCUT2D eigenvalue weighted by Gasteiger charge is 2.12. The van der Waals surface area contributed by atoms with Crippen LogP contribution in [0.15, 0.2) is 30.7 Å². The minimum Gasteiger partial charge on any atom is -0.379 e. The first-order valence-electron chi connectivity index (χ1n) is 8.01. The molecule has 0 aliphatic carbocycles. The normalized spacial score (nSPS) is 15.0. The van der Waals surface area contributed by atoms with Gasteiger partial charge in [0.25, 0.3) is 5.91 Å². The van der Waals surface area contributed by atoms with Gasteiger partial charge in [-0.15, -0.1) is 0 Å². The van der Waals surface area contributed by atoms with E-state index in [1.807, 2.05) is 0 Å². The van der Waals surface area contributed by atoms with E-state index in [1.54, 1.807) is 17.1 Å². The number of nitrogens with zero attached hydrogens (tertiary/aromatic N) is 4. The van der Waals surface area contributed by atoms with Gasteiger partial charge in [0.2, 0.25) is 5.91 Å². The molecule has 1 fully saturated rings. The van der Waals surface area contributed by atoms with Crippen LogP contribution < -0.4 is 11.1 Å². The van der Waals surface area contributed by atoms with Crippen LogP contribution in [0.1, 0.15) is 20.8 Å². The maximum absolute atomic E-state index is 12.2. The lowest BCUT2D eigenvalue weighted by Gasteiger charge is -2.26. The molecular weight excluding hydrogens is 324 g/mol. The van der Waals surface area contributed by atoms with E-state index in [-0.39, 0.29) is 17.2 Å². The number of aromatic nitrogens is 3. The van der Waals surface area contributed by atoms with E-state index < -0.39 is 5.91 Å². The van der Waals surface area contributed by atoms with Crippen molar-refractivity contribution in [1.29, 1.82) is 0 Å². The fourth-order valence-electron chi connectivity index (χ4n) is 2.49. The standard InChI is InChI=1S/C16H20N6O3/c17-15(23)12-1-2-14(18-9-12)16(24)20-13-10-19-22(11-13)4-3-21-5-7-25-8-6-21/h1-2,9-11H,3-8H2,(H2,17,23)(H,20,24). The van der Waals surface area contributed by atoms with Crippen molar-refractivity contribution in [2.75, 3.05) is 38.2 Å². The van der Waals surface area contributed by atoms with E-state index in [1.165, 1.54) is 18.3 Å². The molecule has 0 saturated carbocycles. The zero-order valence-corrected chi connectivity index (χ0v) is 13.7. The van der Waals surface area contributed by atoms with Crippen LogP contribution in [-0.2, 0) is 11.3 Å². The summed E-state index contributed by atoms with van der Waals surface area (Å²) in [6, 6.07) is 2.92. The fraction of sp³-hybridized carbons (Fsp3) is 0.375. The molecule has 2 amide bonds. The first-order valence-corrected chi connectivity index (χ1v) is 8.01. The van der Waals surface area contributed by atoms with Gasteiger partial charge in [-0.2, -0.15) is 5.10 Å². The van der Waals surface area contributed by atoms with Gasteiger partial charge in [0.1, 0.15) is 5.69 Å². The van der Waals surface area contributed by atoms with E-state index in [2.05, 4.69) is 20.3 Å². The van der Waals surface area contributed by atoms with Crippen LogP contribution in [0.25, 0.3) is 0 Å². The number of rotatable bonds is 6. The molecular formula is C16H20N6O3. The summed E-state index contributed by atoms with van der Waals surface area (Å²) in [5.41, 5.74) is 6.20. The van der Waals surface area contributed by atoms with Crippen molar-refractivity contribution >= 4 is 17.5 Å².